The molecule has 0 saturated carbocycles. The topological polar surface area (TPSA) is 43.1 Å². The Hall–Kier alpha value is -1.59. The van der Waals surface area contributed by atoms with Gasteiger partial charge in [0.2, 0.25) is 0 Å². The van der Waals surface area contributed by atoms with E-state index in [1.165, 1.54) is 0 Å². The van der Waals surface area contributed by atoms with Crippen molar-refractivity contribution in [3.05, 3.63) is 34.9 Å². The van der Waals surface area contributed by atoms with Gasteiger partial charge >= 0.3 is 0 Å². The molecule has 0 fully saturated rings. The molecule has 15 heavy (non-hydrogen) atoms. The van der Waals surface area contributed by atoms with E-state index >= 15 is 0 Å². The molecule has 0 saturated heterocycles. The summed E-state index contributed by atoms with van der Waals surface area (Å²) in [6, 6.07) is 5.56. The molecule has 1 rings (SSSR count). The van der Waals surface area contributed by atoms with Crippen molar-refractivity contribution in [2.24, 2.45) is 5.73 Å². The molecule has 2 nitrogen and oxygen atoms in total. The summed E-state index contributed by atoms with van der Waals surface area (Å²) in [5, 5.41) is 0. The Morgan fingerprint density at radius 2 is 2.20 bits per heavy atom. The number of Topliss-reactive ketones (excluding diaryl/α,β-unsaturated/α-hetero) is 1. The minimum atomic E-state index is 0.0829. The number of carbonyl (C=O) groups excluding carboxylic acids is 1. The van der Waals surface area contributed by atoms with E-state index in [9.17, 15) is 4.79 Å². The molecule has 78 valence electrons. The first kappa shape index (κ1) is 11.5. The van der Waals surface area contributed by atoms with Crippen molar-refractivity contribution in [3.63, 3.8) is 0 Å². The molecular weight excluding hydrogens is 186 g/mol. The lowest BCUT2D eigenvalue weighted by molar-refractivity contribution is 0.101. The molecule has 0 aliphatic carbocycles. The highest BCUT2D eigenvalue weighted by Gasteiger charge is 2.01. The molecule has 0 bridgehead atoms. The fraction of sp³-hybridized carbons (Fsp3) is 0.308. The maximum Gasteiger partial charge on any atom is 0.159 e. The third-order valence-electron chi connectivity index (χ3n) is 2.13. The smallest absolute Gasteiger partial charge is 0.159 e. The SMILES string of the molecule is CC(=O)c1ccc(C#CCCN)c(C)c1. The number of aryl methyl sites for hydroxylation is 1. The van der Waals surface area contributed by atoms with Crippen molar-refractivity contribution >= 4 is 5.78 Å². The van der Waals surface area contributed by atoms with Crippen LogP contribution in [0.15, 0.2) is 18.2 Å². The Labute approximate surface area is 90.5 Å². The highest BCUT2D eigenvalue weighted by atomic mass is 16.1. The summed E-state index contributed by atoms with van der Waals surface area (Å²) in [4.78, 5) is 11.1. The minimum Gasteiger partial charge on any atom is -0.330 e. The minimum absolute atomic E-state index is 0.0829. The predicted octanol–water partition coefficient (Wildman–Crippen LogP) is 1.90. The summed E-state index contributed by atoms with van der Waals surface area (Å²) >= 11 is 0. The molecule has 0 heterocycles. The molecular formula is C13H15NO. The lowest BCUT2D eigenvalue weighted by Crippen LogP contribution is -1.96. The van der Waals surface area contributed by atoms with E-state index in [2.05, 4.69) is 11.8 Å². The predicted molar refractivity (Wildman–Crippen MR) is 61.7 cm³/mol. The number of nitrogens with two attached hydrogens (primary N) is 1. The van der Waals surface area contributed by atoms with Gasteiger partial charge in [-0.3, -0.25) is 4.79 Å². The average Bonchev–Trinajstić information content (AvgIpc) is 2.20. The molecule has 0 aliphatic rings. The van der Waals surface area contributed by atoms with Crippen LogP contribution >= 0.6 is 0 Å². The molecule has 2 N–H and O–H groups in total. The summed E-state index contributed by atoms with van der Waals surface area (Å²) in [6.45, 7) is 4.10. The molecule has 0 aliphatic heterocycles. The van der Waals surface area contributed by atoms with E-state index in [0.717, 1.165) is 16.7 Å². The number of hydrogen-bond donors (Lipinski definition) is 1. The Morgan fingerprint density at radius 3 is 2.73 bits per heavy atom. The summed E-state index contributed by atoms with van der Waals surface area (Å²) in [5.74, 6) is 6.10. The van der Waals surface area contributed by atoms with Gasteiger partial charge in [0.15, 0.2) is 5.78 Å². The lowest BCUT2D eigenvalue weighted by Gasteiger charge is -2.00. The van der Waals surface area contributed by atoms with Crippen molar-refractivity contribution in [2.75, 3.05) is 6.54 Å². The molecule has 1 aromatic carbocycles. The second-order valence-corrected chi connectivity index (χ2v) is 3.43. The first-order valence-corrected chi connectivity index (χ1v) is 4.95. The standard InChI is InChI=1S/C13H15NO/c1-10-9-13(11(2)15)7-6-12(10)5-3-4-8-14/h6-7,9H,4,8,14H2,1-2H3. The molecule has 0 aromatic heterocycles. The van der Waals surface area contributed by atoms with Crippen LogP contribution in [0, 0.1) is 18.8 Å². The Morgan fingerprint density at radius 1 is 1.47 bits per heavy atom. The van der Waals surface area contributed by atoms with Crippen LogP contribution in [-0.2, 0) is 0 Å². The first-order valence-electron chi connectivity index (χ1n) is 4.95. The number of rotatable bonds is 2. The van der Waals surface area contributed by atoms with Gasteiger partial charge in [-0.25, -0.2) is 0 Å². The fourth-order valence-electron chi connectivity index (χ4n) is 1.25. The Balaban J connectivity index is 2.95. The van der Waals surface area contributed by atoms with E-state index in [1.54, 1.807) is 6.92 Å². The number of carbonyl (C=O) groups is 1. The van der Waals surface area contributed by atoms with Gasteiger partial charge in [0.05, 0.1) is 0 Å². The first-order chi connectivity index (χ1) is 7.15. The van der Waals surface area contributed by atoms with Crippen molar-refractivity contribution in [3.8, 4) is 11.8 Å². The van der Waals surface area contributed by atoms with Gasteiger partial charge in [-0.15, -0.1) is 0 Å². The number of ketones is 1. The number of benzene rings is 1. The summed E-state index contributed by atoms with van der Waals surface area (Å²) in [7, 11) is 0. The van der Waals surface area contributed by atoms with Crippen LogP contribution in [0.2, 0.25) is 0 Å². The lowest BCUT2D eigenvalue weighted by atomic mass is 10.0. The summed E-state index contributed by atoms with van der Waals surface area (Å²) in [6.07, 6.45) is 0.702. The van der Waals surface area contributed by atoms with Crippen LogP contribution in [0.25, 0.3) is 0 Å². The zero-order valence-corrected chi connectivity index (χ0v) is 9.13. The van der Waals surface area contributed by atoms with Gasteiger partial charge in [-0.05, 0) is 31.5 Å². The van der Waals surface area contributed by atoms with Crippen LogP contribution in [0.1, 0.15) is 34.8 Å². The van der Waals surface area contributed by atoms with E-state index < -0.39 is 0 Å². The van der Waals surface area contributed by atoms with E-state index in [1.807, 2.05) is 25.1 Å². The molecule has 0 amide bonds. The molecule has 0 atom stereocenters. The molecule has 0 unspecified atom stereocenters. The second-order valence-electron chi connectivity index (χ2n) is 3.43. The summed E-state index contributed by atoms with van der Waals surface area (Å²) in [5.41, 5.74) is 8.08. The molecule has 0 radical (unpaired) electrons. The summed E-state index contributed by atoms with van der Waals surface area (Å²) < 4.78 is 0. The van der Waals surface area contributed by atoms with Crippen LogP contribution < -0.4 is 5.73 Å². The van der Waals surface area contributed by atoms with Crippen LogP contribution in [0.4, 0.5) is 0 Å². The Kier molecular flexibility index (Phi) is 4.08. The van der Waals surface area contributed by atoms with Crippen molar-refractivity contribution in [1.29, 1.82) is 0 Å². The van der Waals surface area contributed by atoms with Crippen LogP contribution in [0.3, 0.4) is 0 Å². The molecule has 0 spiro atoms. The van der Waals surface area contributed by atoms with Gasteiger partial charge in [0.25, 0.3) is 0 Å². The fourth-order valence-corrected chi connectivity index (χ4v) is 1.25. The van der Waals surface area contributed by atoms with Crippen molar-refractivity contribution in [2.45, 2.75) is 20.3 Å². The highest BCUT2D eigenvalue weighted by Crippen LogP contribution is 2.10. The van der Waals surface area contributed by atoms with E-state index in [-0.39, 0.29) is 5.78 Å². The van der Waals surface area contributed by atoms with Crippen molar-refractivity contribution in [1.82, 2.24) is 0 Å². The van der Waals surface area contributed by atoms with Gasteiger partial charge in [0, 0.05) is 24.1 Å². The third-order valence-corrected chi connectivity index (χ3v) is 2.13. The van der Waals surface area contributed by atoms with Gasteiger partial charge in [-0.1, -0.05) is 17.9 Å². The largest absolute Gasteiger partial charge is 0.330 e. The molecule has 2 heteroatoms. The van der Waals surface area contributed by atoms with Crippen LogP contribution in [-0.4, -0.2) is 12.3 Å². The third kappa shape index (κ3) is 3.23. The van der Waals surface area contributed by atoms with Gasteiger partial charge in [-0.2, -0.15) is 0 Å². The second kappa shape index (κ2) is 5.33. The number of hydrogen-bond acceptors (Lipinski definition) is 2. The quantitative estimate of drug-likeness (QED) is 0.586. The normalized spacial score (nSPS) is 9.27. The van der Waals surface area contributed by atoms with Gasteiger partial charge in [0.1, 0.15) is 0 Å². The maximum absolute atomic E-state index is 11.1. The van der Waals surface area contributed by atoms with Crippen LogP contribution in [0.5, 0.6) is 0 Å². The Bertz CT molecular complexity index is 424. The van der Waals surface area contributed by atoms with E-state index in [4.69, 9.17) is 5.73 Å². The average molecular weight is 201 g/mol. The van der Waals surface area contributed by atoms with Gasteiger partial charge < -0.3 is 5.73 Å². The maximum atomic E-state index is 11.1. The van der Waals surface area contributed by atoms with E-state index in [0.29, 0.717) is 13.0 Å². The zero-order chi connectivity index (χ0) is 11.3. The monoisotopic (exact) mass is 201 g/mol. The zero-order valence-electron chi connectivity index (χ0n) is 9.13. The van der Waals surface area contributed by atoms with Crippen molar-refractivity contribution < 1.29 is 4.79 Å². The highest BCUT2D eigenvalue weighted by molar-refractivity contribution is 5.94. The molecule has 1 aromatic rings.